The van der Waals surface area contributed by atoms with Crippen LogP contribution in [0, 0.1) is 0 Å². The highest BCUT2D eigenvalue weighted by atomic mass is 35.5. The third-order valence-corrected chi connectivity index (χ3v) is 4.99. The van der Waals surface area contributed by atoms with Crippen LogP contribution in [0.1, 0.15) is 22.7 Å². The Morgan fingerprint density at radius 3 is 2.31 bits per heavy atom. The van der Waals surface area contributed by atoms with E-state index in [0.717, 1.165) is 5.56 Å². The molecule has 7 heteroatoms. The number of Topliss-reactive ketones (excluding diaryl/α,β-unsaturated/α-hetero) is 1. The van der Waals surface area contributed by atoms with Crippen molar-refractivity contribution in [1.29, 1.82) is 0 Å². The predicted octanol–water partition coefficient (Wildman–Crippen LogP) is 3.75. The number of hydrogen-bond donors (Lipinski definition) is 1. The molecule has 29 heavy (non-hydrogen) atoms. The van der Waals surface area contributed by atoms with Crippen molar-refractivity contribution < 1.29 is 14.7 Å². The number of rotatable bonds is 4. The van der Waals surface area contributed by atoms with Crippen LogP contribution in [-0.4, -0.2) is 31.7 Å². The summed E-state index contributed by atoms with van der Waals surface area (Å²) >= 11 is 5.92. The molecule has 1 aromatic carbocycles. The van der Waals surface area contributed by atoms with E-state index in [9.17, 15) is 14.7 Å². The Morgan fingerprint density at radius 1 is 1.00 bits per heavy atom. The standard InChI is InChI=1S/C22H16ClN3O3/c23-17-7-5-15(6-8-17)20(27)18-19(16-4-2-10-25-12-16)26(22(29)21(18)28)13-14-3-1-9-24-11-14/h1-12,19,27H,13H2/b20-18+. The molecule has 0 spiro atoms. The number of amides is 1. The molecule has 1 unspecified atom stereocenters. The van der Waals surface area contributed by atoms with Crippen molar-refractivity contribution in [3.05, 3.63) is 101 Å². The molecule has 1 aliphatic heterocycles. The molecule has 1 N–H and O–H groups in total. The Balaban J connectivity index is 1.85. The Morgan fingerprint density at radius 2 is 1.69 bits per heavy atom. The van der Waals surface area contributed by atoms with Crippen LogP contribution in [0.3, 0.4) is 0 Å². The van der Waals surface area contributed by atoms with Gasteiger partial charge in [-0.3, -0.25) is 19.6 Å². The summed E-state index contributed by atoms with van der Waals surface area (Å²) in [6.45, 7) is 0.176. The average Bonchev–Trinajstić information content (AvgIpc) is 3.00. The first-order chi connectivity index (χ1) is 14.1. The van der Waals surface area contributed by atoms with Crippen molar-refractivity contribution in [2.24, 2.45) is 0 Å². The molecule has 0 radical (unpaired) electrons. The fourth-order valence-electron chi connectivity index (χ4n) is 3.38. The summed E-state index contributed by atoms with van der Waals surface area (Å²) in [5.74, 6) is -1.67. The molecular formula is C22H16ClN3O3. The molecular weight excluding hydrogens is 390 g/mol. The largest absolute Gasteiger partial charge is 0.507 e. The highest BCUT2D eigenvalue weighted by Crippen LogP contribution is 2.40. The van der Waals surface area contributed by atoms with Gasteiger partial charge in [0.1, 0.15) is 5.76 Å². The van der Waals surface area contributed by atoms with E-state index in [-0.39, 0.29) is 17.9 Å². The van der Waals surface area contributed by atoms with E-state index in [1.165, 1.54) is 4.90 Å². The van der Waals surface area contributed by atoms with Crippen LogP contribution in [-0.2, 0) is 16.1 Å². The van der Waals surface area contributed by atoms with E-state index in [2.05, 4.69) is 9.97 Å². The number of pyridine rings is 2. The smallest absolute Gasteiger partial charge is 0.295 e. The van der Waals surface area contributed by atoms with Gasteiger partial charge >= 0.3 is 0 Å². The Bertz CT molecular complexity index is 1080. The van der Waals surface area contributed by atoms with Crippen LogP contribution in [0.5, 0.6) is 0 Å². The molecule has 1 atom stereocenters. The zero-order valence-corrected chi connectivity index (χ0v) is 16.0. The second-order valence-electron chi connectivity index (χ2n) is 6.58. The van der Waals surface area contributed by atoms with E-state index in [4.69, 9.17) is 11.6 Å². The van der Waals surface area contributed by atoms with Gasteiger partial charge < -0.3 is 10.0 Å². The molecule has 0 aliphatic carbocycles. The second kappa shape index (κ2) is 7.85. The number of aliphatic hydroxyl groups is 1. The first-order valence-electron chi connectivity index (χ1n) is 8.89. The van der Waals surface area contributed by atoms with Crippen LogP contribution in [0.4, 0.5) is 0 Å². The van der Waals surface area contributed by atoms with Gasteiger partial charge in [-0.15, -0.1) is 0 Å². The Labute approximate surface area is 172 Å². The lowest BCUT2D eigenvalue weighted by molar-refractivity contribution is -0.140. The fraction of sp³-hybridized carbons (Fsp3) is 0.0909. The molecule has 2 aromatic heterocycles. The van der Waals surface area contributed by atoms with E-state index in [1.807, 2.05) is 6.07 Å². The second-order valence-corrected chi connectivity index (χ2v) is 7.02. The zero-order valence-electron chi connectivity index (χ0n) is 15.2. The molecule has 0 bridgehead atoms. The van der Waals surface area contributed by atoms with Gasteiger partial charge in [-0.25, -0.2) is 0 Å². The number of aliphatic hydroxyl groups excluding tert-OH is 1. The van der Waals surface area contributed by atoms with Crippen LogP contribution in [0.15, 0.2) is 78.9 Å². The van der Waals surface area contributed by atoms with Gasteiger partial charge in [-0.05, 0) is 47.5 Å². The SMILES string of the molecule is O=C1C(=O)N(Cc2cccnc2)C(c2cccnc2)/C1=C(\O)c1ccc(Cl)cc1. The fourth-order valence-corrected chi connectivity index (χ4v) is 3.50. The highest BCUT2D eigenvalue weighted by Gasteiger charge is 2.46. The molecule has 1 aliphatic rings. The lowest BCUT2D eigenvalue weighted by Crippen LogP contribution is -2.29. The van der Waals surface area contributed by atoms with E-state index in [1.54, 1.807) is 67.3 Å². The monoisotopic (exact) mass is 405 g/mol. The molecule has 4 rings (SSSR count). The average molecular weight is 406 g/mol. The number of aromatic nitrogens is 2. The van der Waals surface area contributed by atoms with Gasteiger partial charge in [0.2, 0.25) is 0 Å². The van der Waals surface area contributed by atoms with Gasteiger partial charge in [0.05, 0.1) is 11.6 Å². The maximum absolute atomic E-state index is 12.9. The minimum absolute atomic E-state index is 0.0224. The van der Waals surface area contributed by atoms with Crippen molar-refractivity contribution >= 4 is 29.1 Å². The maximum Gasteiger partial charge on any atom is 0.295 e. The lowest BCUT2D eigenvalue weighted by Gasteiger charge is -2.25. The molecule has 6 nitrogen and oxygen atoms in total. The summed E-state index contributed by atoms with van der Waals surface area (Å²) in [6.07, 6.45) is 6.47. The molecule has 1 saturated heterocycles. The number of ketones is 1. The molecule has 3 aromatic rings. The minimum atomic E-state index is -0.764. The summed E-state index contributed by atoms with van der Waals surface area (Å²) in [7, 11) is 0. The number of benzene rings is 1. The number of nitrogens with zero attached hydrogens (tertiary/aromatic N) is 3. The normalized spacial score (nSPS) is 18.2. The Hall–Kier alpha value is -3.51. The van der Waals surface area contributed by atoms with E-state index < -0.39 is 17.7 Å². The first kappa shape index (κ1) is 18.8. The van der Waals surface area contributed by atoms with Gasteiger partial charge in [-0.2, -0.15) is 0 Å². The first-order valence-corrected chi connectivity index (χ1v) is 9.27. The maximum atomic E-state index is 12.9. The topological polar surface area (TPSA) is 83.4 Å². The van der Waals surface area contributed by atoms with Crippen LogP contribution in [0.25, 0.3) is 5.76 Å². The van der Waals surface area contributed by atoms with Crippen molar-refractivity contribution in [3.8, 4) is 0 Å². The molecule has 144 valence electrons. The van der Waals surface area contributed by atoms with Crippen molar-refractivity contribution in [2.45, 2.75) is 12.6 Å². The summed E-state index contributed by atoms with van der Waals surface area (Å²) in [5.41, 5.74) is 1.83. The van der Waals surface area contributed by atoms with Gasteiger partial charge in [0.25, 0.3) is 11.7 Å². The molecule has 1 amide bonds. The minimum Gasteiger partial charge on any atom is -0.507 e. The van der Waals surface area contributed by atoms with Crippen LogP contribution < -0.4 is 0 Å². The molecule has 0 saturated carbocycles. The van der Waals surface area contributed by atoms with Gasteiger partial charge in [-0.1, -0.05) is 23.7 Å². The third-order valence-electron chi connectivity index (χ3n) is 4.73. The summed E-state index contributed by atoms with van der Waals surface area (Å²) < 4.78 is 0. The molecule has 1 fully saturated rings. The van der Waals surface area contributed by atoms with Gasteiger partial charge in [0, 0.05) is 41.9 Å². The summed E-state index contributed by atoms with van der Waals surface area (Å²) in [4.78, 5) is 35.4. The van der Waals surface area contributed by atoms with Crippen LogP contribution >= 0.6 is 11.6 Å². The molecule has 3 heterocycles. The third kappa shape index (κ3) is 3.62. The summed E-state index contributed by atoms with van der Waals surface area (Å²) in [5, 5.41) is 11.4. The van der Waals surface area contributed by atoms with E-state index in [0.29, 0.717) is 16.1 Å². The number of halogens is 1. The number of hydrogen-bond acceptors (Lipinski definition) is 5. The van der Waals surface area contributed by atoms with Crippen LogP contribution in [0.2, 0.25) is 5.02 Å². The number of carbonyl (C=O) groups excluding carboxylic acids is 2. The van der Waals surface area contributed by atoms with E-state index >= 15 is 0 Å². The lowest BCUT2D eigenvalue weighted by atomic mass is 9.96. The number of carbonyl (C=O) groups is 2. The zero-order chi connectivity index (χ0) is 20.4. The number of likely N-dealkylation sites (tertiary alicyclic amines) is 1. The summed E-state index contributed by atoms with van der Waals surface area (Å²) in [6, 6.07) is 12.8. The predicted molar refractivity (Wildman–Crippen MR) is 108 cm³/mol. The van der Waals surface area contributed by atoms with Crippen molar-refractivity contribution in [3.63, 3.8) is 0 Å². The van der Waals surface area contributed by atoms with Crippen molar-refractivity contribution in [2.75, 3.05) is 0 Å². The quantitative estimate of drug-likeness (QED) is 0.406. The van der Waals surface area contributed by atoms with Gasteiger partial charge in [0.15, 0.2) is 0 Å². The van der Waals surface area contributed by atoms with Crippen molar-refractivity contribution in [1.82, 2.24) is 14.9 Å². The highest BCUT2D eigenvalue weighted by molar-refractivity contribution is 6.46. The Kier molecular flexibility index (Phi) is 5.10.